The van der Waals surface area contributed by atoms with E-state index in [1.165, 1.54) is 0 Å². The highest BCUT2D eigenvalue weighted by Crippen LogP contribution is 2.28. The van der Waals surface area contributed by atoms with Gasteiger partial charge < -0.3 is 20.0 Å². The first-order chi connectivity index (χ1) is 17.4. The minimum atomic E-state index is -1.12. The van der Waals surface area contributed by atoms with Crippen molar-refractivity contribution in [2.45, 2.75) is 50.6 Å². The van der Waals surface area contributed by atoms with Crippen molar-refractivity contribution in [3.63, 3.8) is 0 Å². The van der Waals surface area contributed by atoms with Crippen LogP contribution in [0, 0.1) is 6.92 Å². The van der Waals surface area contributed by atoms with Crippen molar-refractivity contribution in [2.24, 2.45) is 0 Å². The van der Waals surface area contributed by atoms with Gasteiger partial charge in [0.15, 0.2) is 0 Å². The van der Waals surface area contributed by atoms with Crippen LogP contribution in [0.4, 0.5) is 4.79 Å². The van der Waals surface area contributed by atoms with Crippen molar-refractivity contribution in [3.8, 4) is 0 Å². The molecule has 3 aromatic carbocycles. The summed E-state index contributed by atoms with van der Waals surface area (Å²) in [6.45, 7) is 2.25. The summed E-state index contributed by atoms with van der Waals surface area (Å²) in [5.41, 5.74) is 4.77. The summed E-state index contributed by atoms with van der Waals surface area (Å²) < 4.78 is 0. The number of nitrogens with zero attached hydrogens (tertiary/aromatic N) is 3. The first-order valence-corrected chi connectivity index (χ1v) is 12.3. The lowest BCUT2D eigenvalue weighted by atomic mass is 9.91. The van der Waals surface area contributed by atoms with Crippen molar-refractivity contribution < 1.29 is 15.0 Å². The molecule has 0 aliphatic carbocycles. The third-order valence-corrected chi connectivity index (χ3v) is 7.33. The Morgan fingerprint density at radius 3 is 2.06 bits per heavy atom. The van der Waals surface area contributed by atoms with E-state index in [1.54, 1.807) is 16.8 Å². The molecule has 2 heterocycles. The Hall–Kier alpha value is -3.68. The van der Waals surface area contributed by atoms with Crippen LogP contribution < -0.4 is 0 Å². The van der Waals surface area contributed by atoms with E-state index in [0.29, 0.717) is 19.4 Å². The van der Waals surface area contributed by atoms with Crippen LogP contribution in [0.1, 0.15) is 22.4 Å². The van der Waals surface area contributed by atoms with Gasteiger partial charge in [0.1, 0.15) is 12.2 Å². The number of benzene rings is 3. The number of urea groups is 1. The maximum absolute atomic E-state index is 13.9. The zero-order valence-electron chi connectivity index (χ0n) is 20.6. The number of likely N-dealkylation sites (N-methyl/N-ethyl adjacent to an activating group) is 1. The van der Waals surface area contributed by atoms with Crippen LogP contribution >= 0.6 is 0 Å². The maximum atomic E-state index is 13.9. The topological polar surface area (TPSA) is 92.7 Å². The number of carbonyl (C=O) groups excluding carboxylic acids is 1. The summed E-state index contributed by atoms with van der Waals surface area (Å²) in [7, 11) is 1.72. The molecule has 7 nitrogen and oxygen atoms in total. The second-order valence-electron chi connectivity index (χ2n) is 9.71. The summed E-state index contributed by atoms with van der Waals surface area (Å²) in [6, 6.07) is 24.2. The number of aliphatic hydroxyl groups excluding tert-OH is 2. The van der Waals surface area contributed by atoms with Gasteiger partial charge in [-0.1, -0.05) is 66.7 Å². The molecule has 186 valence electrons. The molecule has 2 amide bonds. The average molecular weight is 485 g/mol. The van der Waals surface area contributed by atoms with Gasteiger partial charge in [-0.05, 0) is 48.6 Å². The van der Waals surface area contributed by atoms with Crippen molar-refractivity contribution in [1.82, 2.24) is 20.0 Å². The molecule has 1 saturated heterocycles. The molecular formula is C29H32N4O3. The molecule has 0 saturated carbocycles. The Balaban J connectivity index is 1.51. The summed E-state index contributed by atoms with van der Waals surface area (Å²) >= 11 is 0. The smallest absolute Gasteiger partial charge is 0.320 e. The fraction of sp³-hybridized carbons (Fsp3) is 0.310. The van der Waals surface area contributed by atoms with E-state index < -0.39 is 24.3 Å². The molecule has 0 spiro atoms. The van der Waals surface area contributed by atoms with E-state index in [-0.39, 0.29) is 6.03 Å². The number of carbonyl (C=O) groups is 1. The van der Waals surface area contributed by atoms with Gasteiger partial charge >= 0.3 is 6.03 Å². The van der Waals surface area contributed by atoms with Crippen LogP contribution in [-0.4, -0.2) is 67.6 Å². The monoisotopic (exact) mass is 484 g/mol. The van der Waals surface area contributed by atoms with Crippen LogP contribution in [-0.2, 0) is 19.4 Å². The van der Waals surface area contributed by atoms with Crippen LogP contribution in [0.15, 0.2) is 78.9 Å². The van der Waals surface area contributed by atoms with Crippen LogP contribution in [0.3, 0.4) is 0 Å². The van der Waals surface area contributed by atoms with Crippen LogP contribution in [0.25, 0.3) is 10.9 Å². The molecule has 3 N–H and O–H groups in total. The SMILES string of the molecule is Cc1n[nH]c2ccc(CN3C(=O)N(C)[C@H](Cc4ccccc4)[C@H](O)[C@@H](O)[C@H]3Cc3ccccc3)cc12. The predicted octanol–water partition coefficient (Wildman–Crippen LogP) is 3.68. The molecule has 1 aliphatic heterocycles. The van der Waals surface area contributed by atoms with Gasteiger partial charge in [0.2, 0.25) is 0 Å². The molecule has 1 fully saturated rings. The van der Waals surface area contributed by atoms with E-state index >= 15 is 0 Å². The molecule has 0 bridgehead atoms. The normalized spacial score (nSPS) is 22.7. The van der Waals surface area contributed by atoms with Crippen molar-refractivity contribution >= 4 is 16.9 Å². The number of aryl methyl sites for hydroxylation is 1. The summed E-state index contributed by atoms with van der Waals surface area (Å²) in [6.07, 6.45) is -1.33. The third-order valence-electron chi connectivity index (χ3n) is 7.33. The summed E-state index contributed by atoms with van der Waals surface area (Å²) in [4.78, 5) is 17.2. The second-order valence-corrected chi connectivity index (χ2v) is 9.71. The molecular weight excluding hydrogens is 452 g/mol. The predicted molar refractivity (Wildman–Crippen MR) is 139 cm³/mol. The van der Waals surface area contributed by atoms with Gasteiger partial charge in [-0.2, -0.15) is 5.10 Å². The first-order valence-electron chi connectivity index (χ1n) is 12.3. The lowest BCUT2D eigenvalue weighted by Gasteiger charge is -2.34. The molecule has 0 unspecified atom stereocenters. The van der Waals surface area contributed by atoms with Crippen LogP contribution in [0.2, 0.25) is 0 Å². The van der Waals surface area contributed by atoms with Gasteiger partial charge in [-0.25, -0.2) is 4.79 Å². The molecule has 4 atom stereocenters. The zero-order valence-corrected chi connectivity index (χ0v) is 20.6. The molecule has 1 aliphatic rings. The molecule has 4 aromatic rings. The fourth-order valence-electron chi connectivity index (χ4n) is 5.23. The maximum Gasteiger partial charge on any atom is 0.320 e. The van der Waals surface area contributed by atoms with Crippen molar-refractivity contribution in [1.29, 1.82) is 0 Å². The molecule has 5 rings (SSSR count). The number of aromatic nitrogens is 2. The first kappa shape index (κ1) is 24.0. The Morgan fingerprint density at radius 2 is 1.42 bits per heavy atom. The fourth-order valence-corrected chi connectivity index (χ4v) is 5.23. The number of rotatable bonds is 6. The zero-order chi connectivity index (χ0) is 25.2. The second kappa shape index (κ2) is 10.1. The Bertz CT molecular complexity index is 1320. The standard InChI is InChI=1S/C29H32N4O3/c1-19-23-15-22(13-14-24(23)31-30-19)18-33-26(17-21-11-7-4-8-12-21)28(35)27(34)25(32(2)29(33)36)16-20-9-5-3-6-10-20/h3-15,25-28,34-35H,16-18H2,1-2H3,(H,30,31)/t25-,26-,27+,28+/m1/s1. The van der Waals surface area contributed by atoms with Gasteiger partial charge in [0.05, 0.1) is 23.3 Å². The van der Waals surface area contributed by atoms with Crippen molar-refractivity contribution in [3.05, 3.63) is 101 Å². The highest BCUT2D eigenvalue weighted by Gasteiger charge is 2.45. The molecule has 0 radical (unpaired) electrons. The number of aromatic amines is 1. The third kappa shape index (κ3) is 4.72. The van der Waals surface area contributed by atoms with Gasteiger partial charge in [-0.15, -0.1) is 0 Å². The Labute approximate surface area is 211 Å². The Morgan fingerprint density at radius 1 is 0.833 bits per heavy atom. The number of hydrogen-bond acceptors (Lipinski definition) is 4. The highest BCUT2D eigenvalue weighted by atomic mass is 16.3. The van der Waals surface area contributed by atoms with Gasteiger partial charge in [0, 0.05) is 19.0 Å². The quantitative estimate of drug-likeness (QED) is 0.389. The molecule has 36 heavy (non-hydrogen) atoms. The number of hydrogen-bond donors (Lipinski definition) is 3. The Kier molecular flexibility index (Phi) is 6.76. The number of amides is 2. The lowest BCUT2D eigenvalue weighted by molar-refractivity contribution is -0.0383. The van der Waals surface area contributed by atoms with Gasteiger partial charge in [0.25, 0.3) is 0 Å². The van der Waals surface area contributed by atoms with Crippen molar-refractivity contribution in [2.75, 3.05) is 7.05 Å². The van der Waals surface area contributed by atoms with E-state index in [2.05, 4.69) is 10.2 Å². The minimum absolute atomic E-state index is 0.212. The summed E-state index contributed by atoms with van der Waals surface area (Å²) in [5.74, 6) is 0. The molecule has 7 heteroatoms. The number of fused-ring (bicyclic) bond motifs is 1. The number of H-pyrrole nitrogens is 1. The lowest BCUT2D eigenvalue weighted by Crippen LogP contribution is -2.50. The average Bonchev–Trinajstić information content (AvgIpc) is 3.26. The minimum Gasteiger partial charge on any atom is -0.388 e. The number of aliphatic hydroxyl groups is 2. The van der Waals surface area contributed by atoms with Gasteiger partial charge in [-0.3, -0.25) is 5.10 Å². The number of nitrogens with one attached hydrogen (secondary N) is 1. The van der Waals surface area contributed by atoms with E-state index in [1.807, 2.05) is 85.8 Å². The summed E-state index contributed by atoms with van der Waals surface area (Å²) in [5, 5.41) is 31.2. The van der Waals surface area contributed by atoms with Crippen LogP contribution in [0.5, 0.6) is 0 Å². The van der Waals surface area contributed by atoms with E-state index in [0.717, 1.165) is 33.3 Å². The van der Waals surface area contributed by atoms with E-state index in [4.69, 9.17) is 0 Å². The highest BCUT2D eigenvalue weighted by molar-refractivity contribution is 5.82. The molecule has 1 aromatic heterocycles. The largest absolute Gasteiger partial charge is 0.388 e. The van der Waals surface area contributed by atoms with E-state index in [9.17, 15) is 15.0 Å².